The van der Waals surface area contributed by atoms with E-state index < -0.39 is 0 Å². The van der Waals surface area contributed by atoms with Gasteiger partial charge in [-0.3, -0.25) is 4.79 Å². The van der Waals surface area contributed by atoms with Crippen molar-refractivity contribution in [3.63, 3.8) is 0 Å². The van der Waals surface area contributed by atoms with Gasteiger partial charge in [-0.25, -0.2) is 0 Å². The maximum absolute atomic E-state index is 10.6. The molecule has 0 aliphatic heterocycles. The zero-order valence-corrected chi connectivity index (χ0v) is 5.09. The van der Waals surface area contributed by atoms with Gasteiger partial charge in [-0.05, 0) is 6.07 Å². The van der Waals surface area contributed by atoms with Gasteiger partial charge in [0, 0.05) is 18.9 Å². The van der Waals surface area contributed by atoms with Crippen molar-refractivity contribution >= 4 is 5.69 Å². The lowest BCUT2D eigenvalue weighted by Gasteiger charge is -1.94. The van der Waals surface area contributed by atoms with Crippen molar-refractivity contribution in [1.29, 1.82) is 0 Å². The number of nitrogens with zero attached hydrogens (tertiary/aromatic N) is 1. The lowest BCUT2D eigenvalue weighted by atomic mass is 10.4. The van der Waals surface area contributed by atoms with Crippen LogP contribution in [0.1, 0.15) is 0 Å². The van der Waals surface area contributed by atoms with Crippen molar-refractivity contribution in [2.24, 2.45) is 7.05 Å². The van der Waals surface area contributed by atoms with Gasteiger partial charge in [0.25, 0.3) is 5.56 Å². The summed E-state index contributed by atoms with van der Waals surface area (Å²) >= 11 is 0. The molecule has 9 heavy (non-hydrogen) atoms. The summed E-state index contributed by atoms with van der Waals surface area (Å²) in [5.74, 6) is 0. The minimum atomic E-state index is -0.163. The minimum absolute atomic E-state index is 0.163. The molecule has 3 nitrogen and oxygen atoms in total. The third-order valence-electron chi connectivity index (χ3n) is 1.03. The van der Waals surface area contributed by atoms with E-state index in [1.54, 1.807) is 13.2 Å². The minimum Gasteiger partial charge on any atom is -0.398 e. The van der Waals surface area contributed by atoms with Crippen LogP contribution in [0.15, 0.2) is 17.1 Å². The number of anilines is 1. The standard InChI is InChI=1S/C6H7N2O/c1-8-4-5(7)2-3-6(8)9/h2,4H,7H2,1H3. The third kappa shape index (κ3) is 1.10. The monoisotopic (exact) mass is 123 g/mol. The Morgan fingerprint density at radius 1 is 1.78 bits per heavy atom. The Bertz CT molecular complexity index is 264. The van der Waals surface area contributed by atoms with Gasteiger partial charge in [0.1, 0.15) is 0 Å². The first-order chi connectivity index (χ1) is 4.20. The fourth-order valence-corrected chi connectivity index (χ4v) is 0.566. The molecule has 0 aliphatic carbocycles. The van der Waals surface area contributed by atoms with Crippen LogP contribution >= 0.6 is 0 Å². The Balaban J connectivity index is 3.34. The Morgan fingerprint density at radius 2 is 2.44 bits per heavy atom. The molecule has 3 heteroatoms. The van der Waals surface area contributed by atoms with Gasteiger partial charge in [0.2, 0.25) is 0 Å². The first kappa shape index (κ1) is 5.88. The van der Waals surface area contributed by atoms with Crippen molar-refractivity contribution in [3.8, 4) is 0 Å². The molecule has 0 bridgehead atoms. The summed E-state index contributed by atoms with van der Waals surface area (Å²) in [5.41, 5.74) is 5.73. The molecule has 0 spiro atoms. The fourth-order valence-electron chi connectivity index (χ4n) is 0.566. The summed E-state index contributed by atoms with van der Waals surface area (Å²) in [7, 11) is 1.63. The Morgan fingerprint density at radius 3 is 2.89 bits per heavy atom. The second-order valence-electron chi connectivity index (χ2n) is 1.83. The summed E-state index contributed by atoms with van der Waals surface area (Å²) < 4.78 is 1.38. The highest BCUT2D eigenvalue weighted by molar-refractivity contribution is 5.32. The van der Waals surface area contributed by atoms with Crippen LogP contribution in [0.3, 0.4) is 0 Å². The van der Waals surface area contributed by atoms with E-state index in [1.165, 1.54) is 10.6 Å². The van der Waals surface area contributed by atoms with E-state index in [4.69, 9.17) is 5.73 Å². The molecule has 0 fully saturated rings. The van der Waals surface area contributed by atoms with Crippen LogP contribution in [0.25, 0.3) is 0 Å². The average molecular weight is 123 g/mol. The number of pyridine rings is 1. The molecule has 1 aromatic rings. The summed E-state index contributed by atoms with van der Waals surface area (Å²) in [6.07, 6.45) is 1.55. The van der Waals surface area contributed by atoms with Gasteiger partial charge in [-0.1, -0.05) is 0 Å². The molecule has 0 atom stereocenters. The summed E-state index contributed by atoms with van der Waals surface area (Å²) in [4.78, 5) is 10.6. The van der Waals surface area contributed by atoms with Gasteiger partial charge < -0.3 is 10.3 Å². The van der Waals surface area contributed by atoms with Crippen LogP contribution in [0.5, 0.6) is 0 Å². The Kier molecular flexibility index (Phi) is 1.26. The van der Waals surface area contributed by atoms with Crippen LogP contribution in [-0.2, 0) is 7.05 Å². The third-order valence-corrected chi connectivity index (χ3v) is 1.03. The van der Waals surface area contributed by atoms with Gasteiger partial charge in [0.15, 0.2) is 0 Å². The predicted octanol–water partition coefficient (Wildman–Crippen LogP) is -0.232. The first-order valence-electron chi connectivity index (χ1n) is 2.54. The number of nitrogen functional groups attached to an aromatic ring is 1. The Labute approximate surface area is 52.7 Å². The number of nitrogens with two attached hydrogens (primary N) is 1. The highest BCUT2D eigenvalue weighted by Gasteiger charge is 1.87. The molecule has 0 saturated carbocycles. The summed E-state index contributed by atoms with van der Waals surface area (Å²) in [6, 6.07) is 3.91. The molecule has 1 heterocycles. The van der Waals surface area contributed by atoms with E-state index in [0.717, 1.165) is 0 Å². The topological polar surface area (TPSA) is 48.0 Å². The maximum Gasteiger partial charge on any atom is 0.258 e. The molecule has 0 amide bonds. The largest absolute Gasteiger partial charge is 0.398 e. The fraction of sp³-hybridized carbons (Fsp3) is 0.167. The van der Waals surface area contributed by atoms with Crippen LogP contribution in [-0.4, -0.2) is 4.57 Å². The van der Waals surface area contributed by atoms with Gasteiger partial charge in [0.05, 0.1) is 6.07 Å². The summed E-state index contributed by atoms with van der Waals surface area (Å²) in [5, 5.41) is 0. The molecule has 0 unspecified atom stereocenters. The van der Waals surface area contributed by atoms with Crippen molar-refractivity contribution in [3.05, 3.63) is 28.7 Å². The lowest BCUT2D eigenvalue weighted by molar-refractivity contribution is 0.861. The molecule has 1 radical (unpaired) electrons. The zero-order chi connectivity index (χ0) is 6.85. The molecular weight excluding hydrogens is 116 g/mol. The SMILES string of the molecule is Cn1cc(N)c[c]c1=O. The van der Waals surface area contributed by atoms with Gasteiger partial charge in [-0.2, -0.15) is 0 Å². The van der Waals surface area contributed by atoms with Gasteiger partial charge >= 0.3 is 0 Å². The molecule has 0 aliphatic rings. The van der Waals surface area contributed by atoms with E-state index in [1.807, 2.05) is 0 Å². The second-order valence-corrected chi connectivity index (χ2v) is 1.83. The average Bonchev–Trinajstić information content (AvgIpc) is 1.80. The molecule has 1 rings (SSSR count). The van der Waals surface area contributed by atoms with E-state index in [2.05, 4.69) is 6.07 Å². The first-order valence-corrected chi connectivity index (χ1v) is 2.54. The number of hydrogen-bond donors (Lipinski definition) is 1. The van der Waals surface area contributed by atoms with Crippen molar-refractivity contribution in [2.75, 3.05) is 5.73 Å². The molecular formula is C6H7N2O. The quantitative estimate of drug-likeness (QED) is 0.518. The highest BCUT2D eigenvalue weighted by atomic mass is 16.1. The van der Waals surface area contributed by atoms with Crippen LogP contribution in [0, 0.1) is 6.07 Å². The van der Waals surface area contributed by atoms with Crippen molar-refractivity contribution in [1.82, 2.24) is 4.57 Å². The Hall–Kier alpha value is -1.25. The molecule has 2 N–H and O–H groups in total. The smallest absolute Gasteiger partial charge is 0.258 e. The second kappa shape index (κ2) is 1.93. The number of aryl methyl sites for hydroxylation is 1. The molecule has 47 valence electrons. The van der Waals surface area contributed by atoms with E-state index >= 15 is 0 Å². The normalized spacial score (nSPS) is 9.44. The van der Waals surface area contributed by atoms with E-state index in [9.17, 15) is 4.79 Å². The van der Waals surface area contributed by atoms with Crippen molar-refractivity contribution in [2.45, 2.75) is 0 Å². The van der Waals surface area contributed by atoms with E-state index in [-0.39, 0.29) is 5.56 Å². The molecule has 0 saturated heterocycles. The predicted molar refractivity (Wildman–Crippen MR) is 34.9 cm³/mol. The van der Waals surface area contributed by atoms with Crippen LogP contribution < -0.4 is 11.3 Å². The van der Waals surface area contributed by atoms with Crippen molar-refractivity contribution < 1.29 is 0 Å². The number of hydrogen-bond acceptors (Lipinski definition) is 2. The van der Waals surface area contributed by atoms with Crippen LogP contribution in [0.4, 0.5) is 5.69 Å². The number of aromatic nitrogens is 1. The van der Waals surface area contributed by atoms with Crippen LogP contribution in [0.2, 0.25) is 0 Å². The zero-order valence-electron chi connectivity index (χ0n) is 5.09. The molecule has 1 aromatic heterocycles. The maximum atomic E-state index is 10.6. The summed E-state index contributed by atoms with van der Waals surface area (Å²) in [6.45, 7) is 0. The number of rotatable bonds is 0. The molecule has 0 aromatic carbocycles. The van der Waals surface area contributed by atoms with Gasteiger partial charge in [-0.15, -0.1) is 0 Å². The lowest BCUT2D eigenvalue weighted by Crippen LogP contribution is -2.14. The highest BCUT2D eigenvalue weighted by Crippen LogP contribution is 1.91. The van der Waals surface area contributed by atoms with E-state index in [0.29, 0.717) is 5.69 Å².